The van der Waals surface area contributed by atoms with Crippen LogP contribution in [-0.2, 0) is 19.6 Å². The first kappa shape index (κ1) is 25.0. The van der Waals surface area contributed by atoms with Crippen molar-refractivity contribution in [1.82, 2.24) is 0 Å². The van der Waals surface area contributed by atoms with Gasteiger partial charge in [-0.3, -0.25) is 9.10 Å². The van der Waals surface area contributed by atoms with E-state index in [1.165, 1.54) is 21.3 Å². The van der Waals surface area contributed by atoms with Crippen LogP contribution < -0.4 is 9.21 Å². The van der Waals surface area contributed by atoms with E-state index in [2.05, 4.69) is 0 Å². The summed E-state index contributed by atoms with van der Waals surface area (Å²) in [5, 5.41) is 0. The Bertz CT molecular complexity index is 1240. The average Bonchev–Trinajstić information content (AvgIpc) is 2.85. The van der Waals surface area contributed by atoms with Gasteiger partial charge in [-0.1, -0.05) is 42.5 Å². The third-order valence-electron chi connectivity index (χ3n) is 5.34. The second-order valence-electron chi connectivity index (χ2n) is 7.54. The van der Waals surface area contributed by atoms with E-state index >= 15 is 0 Å². The monoisotopic (exact) mass is 480 g/mol. The van der Waals surface area contributed by atoms with E-state index in [9.17, 15) is 18.0 Å². The van der Waals surface area contributed by atoms with Gasteiger partial charge in [-0.05, 0) is 62.7 Å². The zero-order valence-corrected chi connectivity index (χ0v) is 20.3. The highest BCUT2D eigenvalue weighted by molar-refractivity contribution is 7.92. The van der Waals surface area contributed by atoms with Gasteiger partial charge < -0.3 is 9.64 Å². The summed E-state index contributed by atoms with van der Waals surface area (Å²) in [5.74, 6) is -1.14. The molecule has 0 saturated carbocycles. The molecule has 0 heterocycles. The Labute approximate surface area is 200 Å². The molecule has 0 unspecified atom stereocenters. The maximum atomic E-state index is 13.4. The largest absolute Gasteiger partial charge is 0.452 e. The van der Waals surface area contributed by atoms with Gasteiger partial charge in [0.15, 0.2) is 6.61 Å². The van der Waals surface area contributed by atoms with Crippen molar-refractivity contribution in [3.05, 3.63) is 90.0 Å². The highest BCUT2D eigenvalue weighted by Crippen LogP contribution is 2.26. The molecule has 1 amide bonds. The minimum atomic E-state index is -3.93. The summed E-state index contributed by atoms with van der Waals surface area (Å²) in [4.78, 5) is 26.8. The third-order valence-corrected chi connectivity index (χ3v) is 7.38. The molecule has 34 heavy (non-hydrogen) atoms. The fourth-order valence-electron chi connectivity index (χ4n) is 3.61. The van der Waals surface area contributed by atoms with Crippen LogP contribution in [0, 0.1) is 6.92 Å². The van der Waals surface area contributed by atoms with Crippen LogP contribution in [0.25, 0.3) is 0 Å². The number of sulfonamides is 1. The Morgan fingerprint density at radius 3 is 1.97 bits per heavy atom. The number of benzene rings is 3. The molecule has 0 N–H and O–H groups in total. The third kappa shape index (κ3) is 5.46. The maximum absolute atomic E-state index is 13.4. The van der Waals surface area contributed by atoms with Crippen LogP contribution in [-0.4, -0.2) is 40.0 Å². The van der Waals surface area contributed by atoms with Gasteiger partial charge in [0, 0.05) is 18.8 Å². The van der Waals surface area contributed by atoms with Gasteiger partial charge in [0.2, 0.25) is 0 Å². The summed E-state index contributed by atoms with van der Waals surface area (Å²) >= 11 is 0. The van der Waals surface area contributed by atoms with E-state index in [1.54, 1.807) is 56.3 Å². The lowest BCUT2D eigenvalue weighted by Crippen LogP contribution is -2.34. The molecular formula is C26H28N2O5S. The van der Waals surface area contributed by atoms with Gasteiger partial charge in [0.25, 0.3) is 15.9 Å². The highest BCUT2D eigenvalue weighted by Gasteiger charge is 2.27. The Balaban J connectivity index is 1.80. The molecule has 3 aromatic rings. The van der Waals surface area contributed by atoms with E-state index in [-0.39, 0.29) is 22.9 Å². The summed E-state index contributed by atoms with van der Waals surface area (Å²) in [7, 11) is -3.93. The van der Waals surface area contributed by atoms with Crippen LogP contribution in [0.5, 0.6) is 0 Å². The summed E-state index contributed by atoms with van der Waals surface area (Å²) < 4.78 is 33.4. The number of likely N-dealkylation sites (N-methyl/N-ethyl adjacent to an activating group) is 1. The summed E-state index contributed by atoms with van der Waals surface area (Å²) in [6.07, 6.45) is 0. The normalized spacial score (nSPS) is 11.0. The number of para-hydroxylation sites is 2. The first-order chi connectivity index (χ1) is 16.3. The van der Waals surface area contributed by atoms with E-state index in [1.807, 2.05) is 31.2 Å². The molecule has 0 spiro atoms. The van der Waals surface area contributed by atoms with Crippen LogP contribution in [0.3, 0.4) is 0 Å². The molecular weight excluding hydrogens is 452 g/mol. The van der Waals surface area contributed by atoms with Gasteiger partial charge >= 0.3 is 5.97 Å². The number of aryl methyl sites for hydroxylation is 1. The highest BCUT2D eigenvalue weighted by atomic mass is 32.2. The number of hydrogen-bond donors (Lipinski definition) is 0. The van der Waals surface area contributed by atoms with E-state index in [0.717, 1.165) is 0 Å². The molecule has 0 atom stereocenters. The molecule has 8 heteroatoms. The van der Waals surface area contributed by atoms with Crippen LogP contribution >= 0.6 is 0 Å². The number of rotatable bonds is 9. The van der Waals surface area contributed by atoms with Crippen molar-refractivity contribution in [2.24, 2.45) is 0 Å². The minimum Gasteiger partial charge on any atom is -0.452 e. The number of ether oxygens (including phenoxy) is 1. The first-order valence-corrected chi connectivity index (χ1v) is 12.4. The molecule has 3 rings (SSSR count). The van der Waals surface area contributed by atoms with Gasteiger partial charge in [-0.15, -0.1) is 0 Å². The number of carbonyl (C=O) groups is 2. The number of amides is 1. The van der Waals surface area contributed by atoms with E-state index in [4.69, 9.17) is 4.74 Å². The lowest BCUT2D eigenvalue weighted by atomic mass is 10.1. The second kappa shape index (κ2) is 11.0. The predicted molar refractivity (Wildman–Crippen MR) is 133 cm³/mol. The smallest absolute Gasteiger partial charge is 0.338 e. The second-order valence-corrected chi connectivity index (χ2v) is 9.37. The summed E-state index contributed by atoms with van der Waals surface area (Å²) in [6, 6.07) is 22.2. The average molecular weight is 481 g/mol. The van der Waals surface area contributed by atoms with Crippen molar-refractivity contribution in [3.8, 4) is 0 Å². The topological polar surface area (TPSA) is 84.0 Å². The van der Waals surface area contributed by atoms with Crippen molar-refractivity contribution >= 4 is 33.3 Å². The first-order valence-electron chi connectivity index (χ1n) is 11.0. The number of hydrogen-bond acceptors (Lipinski definition) is 5. The van der Waals surface area contributed by atoms with Crippen LogP contribution in [0.1, 0.15) is 29.8 Å². The molecule has 178 valence electrons. The summed E-state index contributed by atoms with van der Waals surface area (Å²) in [5.41, 5.74) is 1.80. The number of carbonyl (C=O) groups excluding carboxylic acids is 2. The van der Waals surface area contributed by atoms with Gasteiger partial charge in [-0.2, -0.15) is 0 Å². The Hall–Kier alpha value is -3.65. The molecule has 0 aliphatic rings. The van der Waals surface area contributed by atoms with Gasteiger partial charge in [-0.25, -0.2) is 13.2 Å². The van der Waals surface area contributed by atoms with E-state index in [0.29, 0.717) is 23.5 Å². The zero-order valence-electron chi connectivity index (χ0n) is 19.5. The fraction of sp³-hybridized carbons (Fsp3) is 0.231. The standard InChI is InChI=1S/C26H28N2O5S/c1-4-27(22-12-8-6-9-13-22)25(29)19-33-26(30)21-17-16-20(3)24(18-21)34(31,32)28(5-2)23-14-10-7-11-15-23/h6-18H,4-5,19H2,1-3H3. The fourth-order valence-corrected chi connectivity index (χ4v) is 5.34. The molecule has 0 fully saturated rings. The van der Waals surface area contributed by atoms with Crippen LogP contribution in [0.2, 0.25) is 0 Å². The molecule has 3 aromatic carbocycles. The lowest BCUT2D eigenvalue weighted by Gasteiger charge is -2.24. The SMILES string of the molecule is CCN(C(=O)COC(=O)c1ccc(C)c(S(=O)(=O)N(CC)c2ccccc2)c1)c1ccccc1. The van der Waals surface area contributed by atoms with Gasteiger partial charge in [0.05, 0.1) is 16.1 Å². The molecule has 7 nitrogen and oxygen atoms in total. The van der Waals surface area contributed by atoms with Crippen molar-refractivity contribution in [3.63, 3.8) is 0 Å². The van der Waals surface area contributed by atoms with Gasteiger partial charge in [0.1, 0.15) is 0 Å². The van der Waals surface area contributed by atoms with Crippen LogP contribution in [0.4, 0.5) is 11.4 Å². The minimum absolute atomic E-state index is 0.0125. The Morgan fingerprint density at radius 1 is 0.824 bits per heavy atom. The summed E-state index contributed by atoms with van der Waals surface area (Å²) in [6.45, 7) is 5.43. The van der Waals surface area contributed by atoms with Crippen molar-refractivity contribution in [2.75, 3.05) is 28.9 Å². The quantitative estimate of drug-likeness (QED) is 0.423. The predicted octanol–water partition coefficient (Wildman–Crippen LogP) is 4.42. The van der Waals surface area contributed by atoms with Crippen molar-refractivity contribution in [2.45, 2.75) is 25.7 Å². The maximum Gasteiger partial charge on any atom is 0.338 e. The number of nitrogens with zero attached hydrogens (tertiary/aromatic N) is 2. The van der Waals surface area contributed by atoms with Crippen molar-refractivity contribution in [1.29, 1.82) is 0 Å². The molecule has 0 aliphatic heterocycles. The molecule has 0 aromatic heterocycles. The number of esters is 1. The molecule has 0 radical (unpaired) electrons. The van der Waals surface area contributed by atoms with E-state index < -0.39 is 22.6 Å². The molecule has 0 bridgehead atoms. The Morgan fingerprint density at radius 2 is 1.41 bits per heavy atom. The van der Waals surface area contributed by atoms with Crippen molar-refractivity contribution < 1.29 is 22.7 Å². The lowest BCUT2D eigenvalue weighted by molar-refractivity contribution is -0.121. The Kier molecular flexibility index (Phi) is 8.07. The zero-order chi connectivity index (χ0) is 24.7. The van der Waals surface area contributed by atoms with Crippen LogP contribution in [0.15, 0.2) is 83.8 Å². The molecule has 0 saturated heterocycles. The molecule has 0 aliphatic carbocycles. The number of anilines is 2.